The van der Waals surface area contributed by atoms with Crippen LogP contribution >= 0.6 is 11.8 Å². The van der Waals surface area contributed by atoms with Gasteiger partial charge in [-0.25, -0.2) is 9.97 Å². The van der Waals surface area contributed by atoms with E-state index >= 15 is 0 Å². The van der Waals surface area contributed by atoms with Gasteiger partial charge in [-0.1, -0.05) is 0 Å². The van der Waals surface area contributed by atoms with Crippen LogP contribution in [0.25, 0.3) is 0 Å². The first kappa shape index (κ1) is 16.4. The molecule has 1 aromatic heterocycles. The molecule has 0 unspecified atom stereocenters. The Morgan fingerprint density at radius 3 is 2.52 bits per heavy atom. The summed E-state index contributed by atoms with van der Waals surface area (Å²) in [5.74, 6) is 5.50. The van der Waals surface area contributed by atoms with Crippen LogP contribution in [0.5, 0.6) is 0 Å². The van der Waals surface area contributed by atoms with E-state index in [1.807, 2.05) is 11.8 Å². The van der Waals surface area contributed by atoms with Gasteiger partial charge < -0.3 is 15.7 Å². The summed E-state index contributed by atoms with van der Waals surface area (Å²) in [7, 11) is 0. The molecule has 1 saturated carbocycles. The molecule has 1 aliphatic rings. The minimum Gasteiger partial charge on any atom is -0.396 e. The number of hydrogen-bond donors (Lipinski definition) is 3. The van der Waals surface area contributed by atoms with Crippen LogP contribution in [0.2, 0.25) is 0 Å². The zero-order valence-electron chi connectivity index (χ0n) is 13.0. The number of aromatic nitrogens is 2. The van der Waals surface area contributed by atoms with E-state index in [0.717, 1.165) is 54.0 Å². The monoisotopic (exact) mass is 310 g/mol. The van der Waals surface area contributed by atoms with Gasteiger partial charge in [0.1, 0.15) is 17.5 Å². The maximum Gasteiger partial charge on any atom is 0.136 e. The lowest BCUT2D eigenvalue weighted by atomic mass is 10.2. The minimum atomic E-state index is 0.280. The molecule has 118 valence electrons. The van der Waals surface area contributed by atoms with Gasteiger partial charge in [0.2, 0.25) is 0 Å². The van der Waals surface area contributed by atoms with Crippen LogP contribution in [-0.4, -0.2) is 46.3 Å². The standard InChI is InChI=1S/C15H26N4OS/c1-3-16-13-11(2)14(17-7-10-21-9-4-8-20)19-15(18-13)12-5-6-12/h12,20H,3-10H2,1-2H3,(H2,16,17,18,19). The smallest absolute Gasteiger partial charge is 0.136 e. The number of hydrogen-bond acceptors (Lipinski definition) is 6. The van der Waals surface area contributed by atoms with Crippen molar-refractivity contribution < 1.29 is 5.11 Å². The maximum absolute atomic E-state index is 8.75. The van der Waals surface area contributed by atoms with Crippen molar-refractivity contribution in [3.8, 4) is 0 Å². The second kappa shape index (κ2) is 8.44. The first-order chi connectivity index (χ1) is 10.3. The molecule has 2 rings (SSSR count). The van der Waals surface area contributed by atoms with Crippen molar-refractivity contribution in [2.24, 2.45) is 0 Å². The van der Waals surface area contributed by atoms with Crippen LogP contribution < -0.4 is 10.6 Å². The lowest BCUT2D eigenvalue weighted by molar-refractivity contribution is 0.296. The zero-order valence-corrected chi connectivity index (χ0v) is 13.8. The second-order valence-electron chi connectivity index (χ2n) is 5.32. The van der Waals surface area contributed by atoms with E-state index in [4.69, 9.17) is 10.1 Å². The Labute approximate surface area is 131 Å². The van der Waals surface area contributed by atoms with E-state index in [9.17, 15) is 0 Å². The number of thioether (sulfide) groups is 1. The Balaban J connectivity index is 1.93. The number of aliphatic hydroxyl groups excluding tert-OH is 1. The van der Waals surface area contributed by atoms with Gasteiger partial charge >= 0.3 is 0 Å². The first-order valence-corrected chi connectivity index (χ1v) is 8.96. The van der Waals surface area contributed by atoms with Crippen LogP contribution in [0.3, 0.4) is 0 Å². The van der Waals surface area contributed by atoms with Crippen LogP contribution in [0.4, 0.5) is 11.6 Å². The molecule has 0 amide bonds. The third-order valence-electron chi connectivity index (χ3n) is 3.44. The van der Waals surface area contributed by atoms with E-state index in [0.29, 0.717) is 5.92 Å². The number of nitrogens with zero attached hydrogens (tertiary/aromatic N) is 2. The predicted molar refractivity (Wildman–Crippen MR) is 90.4 cm³/mol. The second-order valence-corrected chi connectivity index (χ2v) is 6.55. The van der Waals surface area contributed by atoms with E-state index < -0.39 is 0 Å². The molecule has 0 aliphatic heterocycles. The van der Waals surface area contributed by atoms with Gasteiger partial charge in [0.15, 0.2) is 0 Å². The van der Waals surface area contributed by atoms with Gasteiger partial charge in [0.05, 0.1) is 0 Å². The number of nitrogens with one attached hydrogen (secondary N) is 2. The van der Waals surface area contributed by atoms with Gasteiger partial charge in [0, 0.05) is 36.9 Å². The molecule has 0 saturated heterocycles. The molecule has 0 bridgehead atoms. The van der Waals surface area contributed by atoms with Gasteiger partial charge in [-0.3, -0.25) is 0 Å². The molecule has 3 N–H and O–H groups in total. The van der Waals surface area contributed by atoms with E-state index in [-0.39, 0.29) is 6.61 Å². The molecule has 6 heteroatoms. The zero-order chi connectivity index (χ0) is 15.1. The Kier molecular flexibility index (Phi) is 6.57. The average Bonchev–Trinajstić information content (AvgIpc) is 3.31. The number of anilines is 2. The van der Waals surface area contributed by atoms with E-state index in [2.05, 4.69) is 29.5 Å². The third-order valence-corrected chi connectivity index (χ3v) is 4.51. The molecule has 1 fully saturated rings. The lowest BCUT2D eigenvalue weighted by Crippen LogP contribution is -2.12. The molecule has 1 aromatic rings. The summed E-state index contributed by atoms with van der Waals surface area (Å²) in [4.78, 5) is 9.36. The molecule has 5 nitrogen and oxygen atoms in total. The molecular formula is C15H26N4OS. The Hall–Kier alpha value is -1.01. The maximum atomic E-state index is 8.75. The van der Waals surface area contributed by atoms with Crippen molar-refractivity contribution in [3.63, 3.8) is 0 Å². The average molecular weight is 310 g/mol. The number of aliphatic hydroxyl groups is 1. The molecule has 1 heterocycles. The fraction of sp³-hybridized carbons (Fsp3) is 0.733. The Morgan fingerprint density at radius 2 is 1.90 bits per heavy atom. The fourth-order valence-electron chi connectivity index (χ4n) is 2.08. The molecule has 0 spiro atoms. The van der Waals surface area contributed by atoms with Crippen LogP contribution in [0, 0.1) is 6.92 Å². The van der Waals surface area contributed by atoms with Crippen molar-refractivity contribution in [1.82, 2.24) is 9.97 Å². The summed E-state index contributed by atoms with van der Waals surface area (Å²) < 4.78 is 0. The molecule has 21 heavy (non-hydrogen) atoms. The largest absolute Gasteiger partial charge is 0.396 e. The summed E-state index contributed by atoms with van der Waals surface area (Å²) in [5.41, 5.74) is 1.10. The summed E-state index contributed by atoms with van der Waals surface area (Å²) >= 11 is 1.86. The topological polar surface area (TPSA) is 70.1 Å². The molecule has 0 aromatic carbocycles. The van der Waals surface area contributed by atoms with Gasteiger partial charge in [-0.05, 0) is 38.9 Å². The Morgan fingerprint density at radius 1 is 1.19 bits per heavy atom. The van der Waals surface area contributed by atoms with Gasteiger partial charge in [0.25, 0.3) is 0 Å². The third kappa shape index (κ3) is 5.04. The van der Waals surface area contributed by atoms with Crippen molar-refractivity contribution in [2.75, 3.05) is 41.8 Å². The van der Waals surface area contributed by atoms with Crippen molar-refractivity contribution >= 4 is 23.4 Å². The highest BCUT2D eigenvalue weighted by Crippen LogP contribution is 2.39. The summed E-state index contributed by atoms with van der Waals surface area (Å²) in [6.07, 6.45) is 3.30. The molecule has 1 aliphatic carbocycles. The molecular weight excluding hydrogens is 284 g/mol. The van der Waals surface area contributed by atoms with Crippen molar-refractivity contribution in [3.05, 3.63) is 11.4 Å². The highest BCUT2D eigenvalue weighted by atomic mass is 32.2. The summed E-state index contributed by atoms with van der Waals surface area (Å²) in [6, 6.07) is 0. The van der Waals surface area contributed by atoms with Crippen LogP contribution in [0.15, 0.2) is 0 Å². The van der Waals surface area contributed by atoms with Crippen LogP contribution in [0.1, 0.15) is 43.5 Å². The normalized spacial score (nSPS) is 14.2. The first-order valence-electron chi connectivity index (χ1n) is 7.81. The number of rotatable bonds is 10. The van der Waals surface area contributed by atoms with Crippen molar-refractivity contribution in [2.45, 2.75) is 39.0 Å². The SMILES string of the molecule is CCNc1nc(C2CC2)nc(NCCSCCCO)c1C. The summed E-state index contributed by atoms with van der Waals surface area (Å²) in [6.45, 7) is 6.20. The highest BCUT2D eigenvalue weighted by Gasteiger charge is 2.28. The minimum absolute atomic E-state index is 0.280. The van der Waals surface area contributed by atoms with Gasteiger partial charge in [-0.15, -0.1) is 0 Å². The van der Waals surface area contributed by atoms with E-state index in [1.165, 1.54) is 12.8 Å². The quantitative estimate of drug-likeness (QED) is 0.577. The predicted octanol–water partition coefficient (Wildman–Crippen LogP) is 2.62. The van der Waals surface area contributed by atoms with E-state index in [1.54, 1.807) is 0 Å². The molecule has 0 radical (unpaired) electrons. The van der Waals surface area contributed by atoms with Gasteiger partial charge in [-0.2, -0.15) is 11.8 Å². The Bertz CT molecular complexity index is 452. The summed E-state index contributed by atoms with van der Waals surface area (Å²) in [5, 5.41) is 15.5. The van der Waals surface area contributed by atoms with Crippen molar-refractivity contribution in [1.29, 1.82) is 0 Å². The molecule has 0 atom stereocenters. The van der Waals surface area contributed by atoms with Crippen LogP contribution in [-0.2, 0) is 0 Å². The lowest BCUT2D eigenvalue weighted by Gasteiger charge is -2.14. The fourth-order valence-corrected chi connectivity index (χ4v) is 2.86. The highest BCUT2D eigenvalue weighted by molar-refractivity contribution is 7.99.